The molecule has 25 heavy (non-hydrogen) atoms. The summed E-state index contributed by atoms with van der Waals surface area (Å²) in [7, 11) is 1.85. The molecule has 5 nitrogen and oxygen atoms in total. The van der Waals surface area contributed by atoms with E-state index in [9.17, 15) is 0 Å². The first kappa shape index (κ1) is 17.8. The number of hydrogen-bond donors (Lipinski definition) is 2. The number of guanidine groups is 1. The van der Waals surface area contributed by atoms with Crippen LogP contribution in [0.5, 0.6) is 0 Å². The van der Waals surface area contributed by atoms with Gasteiger partial charge in [0.2, 0.25) is 0 Å². The lowest BCUT2D eigenvalue weighted by Gasteiger charge is -2.36. The van der Waals surface area contributed by atoms with Gasteiger partial charge in [-0.05, 0) is 37.9 Å². The van der Waals surface area contributed by atoms with Crippen LogP contribution < -0.4 is 15.5 Å². The number of benzene rings is 1. The van der Waals surface area contributed by atoms with E-state index in [1.165, 1.54) is 5.69 Å². The quantitative estimate of drug-likeness (QED) is 0.360. The third-order valence-electron chi connectivity index (χ3n) is 5.01. The summed E-state index contributed by atoms with van der Waals surface area (Å²) in [4.78, 5) is 9.38. The van der Waals surface area contributed by atoms with Crippen molar-refractivity contribution in [2.75, 3.05) is 51.2 Å². The van der Waals surface area contributed by atoms with E-state index >= 15 is 0 Å². The van der Waals surface area contributed by atoms with Crippen LogP contribution in [0.3, 0.4) is 0 Å². The first-order chi connectivity index (χ1) is 12.3. The van der Waals surface area contributed by atoms with Gasteiger partial charge in [0.1, 0.15) is 0 Å². The molecule has 0 amide bonds. The topological polar surface area (TPSA) is 42.9 Å². The Bertz CT molecular complexity index is 553. The lowest BCUT2D eigenvalue weighted by Crippen LogP contribution is -2.47. The van der Waals surface area contributed by atoms with Crippen LogP contribution >= 0.6 is 0 Å². The second-order valence-corrected chi connectivity index (χ2v) is 6.80. The summed E-state index contributed by atoms with van der Waals surface area (Å²) >= 11 is 0. The molecule has 2 N–H and O–H groups in total. The molecule has 0 atom stereocenters. The maximum atomic E-state index is 4.33. The van der Waals surface area contributed by atoms with Crippen LogP contribution in [0.1, 0.15) is 19.3 Å². The summed E-state index contributed by atoms with van der Waals surface area (Å²) in [5.74, 6) is 0.933. The van der Waals surface area contributed by atoms with E-state index in [1.807, 2.05) is 7.05 Å². The van der Waals surface area contributed by atoms with Crippen molar-refractivity contribution in [2.45, 2.75) is 25.3 Å². The van der Waals surface area contributed by atoms with Crippen LogP contribution in [0.25, 0.3) is 0 Å². The highest BCUT2D eigenvalue weighted by molar-refractivity contribution is 5.80. The Balaban J connectivity index is 1.29. The Morgan fingerprint density at radius 2 is 1.80 bits per heavy atom. The van der Waals surface area contributed by atoms with Crippen molar-refractivity contribution >= 4 is 11.6 Å². The Kier molecular flexibility index (Phi) is 6.74. The van der Waals surface area contributed by atoms with E-state index in [0.29, 0.717) is 6.04 Å². The minimum Gasteiger partial charge on any atom is -0.369 e. The average Bonchev–Trinajstić information content (AvgIpc) is 3.18. The van der Waals surface area contributed by atoms with Gasteiger partial charge in [-0.15, -0.1) is 0 Å². The monoisotopic (exact) mass is 341 g/mol. The van der Waals surface area contributed by atoms with E-state index < -0.39 is 0 Å². The molecule has 5 heteroatoms. The molecular weight excluding hydrogens is 310 g/mol. The lowest BCUT2D eigenvalue weighted by molar-refractivity contribution is 0.255. The van der Waals surface area contributed by atoms with E-state index in [4.69, 9.17) is 0 Å². The highest BCUT2D eigenvalue weighted by Crippen LogP contribution is 2.15. The number of piperazine rings is 1. The van der Waals surface area contributed by atoms with Crippen molar-refractivity contribution < 1.29 is 0 Å². The molecular formula is C20H31N5. The summed E-state index contributed by atoms with van der Waals surface area (Å²) in [5.41, 5.74) is 1.35. The van der Waals surface area contributed by atoms with Gasteiger partial charge in [-0.3, -0.25) is 9.89 Å². The van der Waals surface area contributed by atoms with Gasteiger partial charge in [-0.2, -0.15) is 0 Å². The molecule has 136 valence electrons. The minimum atomic E-state index is 0.511. The van der Waals surface area contributed by atoms with Crippen molar-refractivity contribution in [3.05, 3.63) is 42.5 Å². The fourth-order valence-corrected chi connectivity index (χ4v) is 3.50. The lowest BCUT2D eigenvalue weighted by atomic mass is 10.2. The molecule has 0 bridgehead atoms. The number of anilines is 1. The van der Waals surface area contributed by atoms with E-state index in [-0.39, 0.29) is 0 Å². The predicted molar refractivity (Wildman–Crippen MR) is 106 cm³/mol. The average molecular weight is 342 g/mol. The fraction of sp³-hybridized carbons (Fsp3) is 0.550. The molecule has 1 saturated heterocycles. The Morgan fingerprint density at radius 3 is 2.48 bits per heavy atom. The Hall–Kier alpha value is -2.01. The Labute approximate surface area is 151 Å². The van der Waals surface area contributed by atoms with Gasteiger partial charge in [0.15, 0.2) is 5.96 Å². The number of hydrogen-bond acceptors (Lipinski definition) is 3. The van der Waals surface area contributed by atoms with Crippen molar-refractivity contribution in [1.29, 1.82) is 0 Å². The van der Waals surface area contributed by atoms with Crippen LogP contribution in [0.15, 0.2) is 47.5 Å². The number of nitrogens with zero attached hydrogens (tertiary/aromatic N) is 3. The van der Waals surface area contributed by atoms with E-state index in [1.54, 1.807) is 0 Å². The molecule has 0 spiro atoms. The smallest absolute Gasteiger partial charge is 0.191 e. The van der Waals surface area contributed by atoms with Gasteiger partial charge in [0.25, 0.3) is 0 Å². The van der Waals surface area contributed by atoms with Crippen LogP contribution in [-0.4, -0.2) is 63.2 Å². The molecule has 1 aromatic rings. The largest absolute Gasteiger partial charge is 0.369 e. The molecule has 0 saturated carbocycles. The predicted octanol–water partition coefficient (Wildman–Crippen LogP) is 2.08. The zero-order valence-corrected chi connectivity index (χ0v) is 15.3. The zero-order valence-electron chi connectivity index (χ0n) is 15.3. The van der Waals surface area contributed by atoms with E-state index in [0.717, 1.165) is 64.5 Å². The third-order valence-corrected chi connectivity index (χ3v) is 5.01. The van der Waals surface area contributed by atoms with E-state index in [2.05, 4.69) is 67.9 Å². The second-order valence-electron chi connectivity index (χ2n) is 6.80. The van der Waals surface area contributed by atoms with Crippen molar-refractivity contribution in [3.63, 3.8) is 0 Å². The fourth-order valence-electron chi connectivity index (χ4n) is 3.50. The van der Waals surface area contributed by atoms with Crippen LogP contribution in [0, 0.1) is 0 Å². The van der Waals surface area contributed by atoms with Gasteiger partial charge in [-0.25, -0.2) is 0 Å². The first-order valence-corrected chi connectivity index (χ1v) is 9.49. The van der Waals surface area contributed by atoms with Crippen LogP contribution in [0.2, 0.25) is 0 Å². The summed E-state index contributed by atoms with van der Waals surface area (Å²) in [5, 5.41) is 6.93. The molecule has 1 aromatic carbocycles. The maximum absolute atomic E-state index is 4.33. The SMILES string of the molecule is CN=C(NCCCN1CCN(c2ccccc2)CC1)NC1CC=CC1. The summed E-state index contributed by atoms with van der Waals surface area (Å²) in [6, 6.07) is 11.2. The highest BCUT2D eigenvalue weighted by atomic mass is 15.3. The third kappa shape index (κ3) is 5.49. The molecule has 1 aliphatic heterocycles. The zero-order chi connectivity index (χ0) is 17.3. The Morgan fingerprint density at radius 1 is 1.08 bits per heavy atom. The highest BCUT2D eigenvalue weighted by Gasteiger charge is 2.16. The summed E-state index contributed by atoms with van der Waals surface area (Å²) in [6.07, 6.45) is 7.83. The molecule has 1 aliphatic carbocycles. The molecule has 1 heterocycles. The number of aliphatic imine (C=N–C) groups is 1. The number of rotatable bonds is 6. The molecule has 0 aromatic heterocycles. The van der Waals surface area contributed by atoms with Crippen molar-refractivity contribution in [1.82, 2.24) is 15.5 Å². The number of para-hydroxylation sites is 1. The van der Waals surface area contributed by atoms with Gasteiger partial charge in [0.05, 0.1) is 0 Å². The van der Waals surface area contributed by atoms with Crippen molar-refractivity contribution in [2.24, 2.45) is 4.99 Å². The normalized spacial score (nSPS) is 19.4. The van der Waals surface area contributed by atoms with Crippen molar-refractivity contribution in [3.8, 4) is 0 Å². The molecule has 1 fully saturated rings. The standard InChI is InChI=1S/C20H31N5/c1-21-20(23-18-8-5-6-9-18)22-12-7-13-24-14-16-25(17-15-24)19-10-3-2-4-11-19/h2-6,10-11,18H,7-9,12-17H2,1H3,(H2,21,22,23). The number of nitrogens with one attached hydrogen (secondary N) is 2. The summed E-state index contributed by atoms with van der Waals surface area (Å²) in [6.45, 7) is 6.66. The molecule has 0 unspecified atom stereocenters. The molecule has 3 rings (SSSR count). The summed E-state index contributed by atoms with van der Waals surface area (Å²) < 4.78 is 0. The maximum Gasteiger partial charge on any atom is 0.191 e. The van der Waals surface area contributed by atoms with Gasteiger partial charge in [0, 0.05) is 51.5 Å². The van der Waals surface area contributed by atoms with Gasteiger partial charge >= 0.3 is 0 Å². The van der Waals surface area contributed by atoms with Crippen LogP contribution in [-0.2, 0) is 0 Å². The minimum absolute atomic E-state index is 0.511. The second kappa shape index (κ2) is 9.47. The first-order valence-electron chi connectivity index (χ1n) is 9.49. The van der Waals surface area contributed by atoms with Crippen LogP contribution in [0.4, 0.5) is 5.69 Å². The van der Waals surface area contributed by atoms with Gasteiger partial charge in [-0.1, -0.05) is 30.4 Å². The molecule has 0 radical (unpaired) electrons. The molecule has 2 aliphatic rings. The van der Waals surface area contributed by atoms with Gasteiger partial charge < -0.3 is 15.5 Å².